The molecule has 0 aromatic carbocycles. The summed E-state index contributed by atoms with van der Waals surface area (Å²) >= 11 is 0. The van der Waals surface area contributed by atoms with Crippen molar-refractivity contribution in [1.29, 1.82) is 0 Å². The van der Waals surface area contributed by atoms with Crippen molar-refractivity contribution in [3.05, 3.63) is 0 Å². The molecule has 8 atom stereocenters. The molecule has 0 bridgehead atoms. The molecule has 1 saturated heterocycles. The van der Waals surface area contributed by atoms with Gasteiger partial charge in [-0.25, -0.2) is 0 Å². The molecule has 5 rings (SSSR count). The number of Topliss-reactive ketones (excluding diaryl/α,β-unsaturated/α-hetero) is 1. The van der Waals surface area contributed by atoms with Crippen molar-refractivity contribution in [1.82, 2.24) is 4.90 Å². The van der Waals surface area contributed by atoms with Gasteiger partial charge in [0.1, 0.15) is 5.78 Å². The van der Waals surface area contributed by atoms with E-state index in [0.29, 0.717) is 11.7 Å². The highest BCUT2D eigenvalue weighted by atomic mass is 16.3. The van der Waals surface area contributed by atoms with Gasteiger partial charge in [0.25, 0.3) is 0 Å². The number of fused-ring (bicyclic) bond motifs is 5. The van der Waals surface area contributed by atoms with Gasteiger partial charge < -0.3 is 5.11 Å². The Kier molecular flexibility index (Phi) is 4.94. The maximum absolute atomic E-state index is 13.3. The van der Waals surface area contributed by atoms with Gasteiger partial charge in [0.15, 0.2) is 0 Å². The predicted octanol–water partition coefficient (Wildman–Crippen LogP) is 4.67. The minimum absolute atomic E-state index is 0.269. The lowest BCUT2D eigenvalue weighted by molar-refractivity contribution is -0.133. The van der Waals surface area contributed by atoms with Crippen LogP contribution < -0.4 is 0 Å². The molecule has 0 spiro atoms. The smallest absolute Gasteiger partial charge is 0.150 e. The quantitative estimate of drug-likeness (QED) is 0.765. The summed E-state index contributed by atoms with van der Waals surface area (Å²) in [5.41, 5.74) is -0.150. The number of rotatable bonds is 3. The minimum atomic E-state index is -0.419. The molecule has 1 aliphatic heterocycles. The van der Waals surface area contributed by atoms with E-state index in [4.69, 9.17) is 0 Å². The molecule has 0 amide bonds. The van der Waals surface area contributed by atoms with Crippen molar-refractivity contribution in [2.75, 3.05) is 19.6 Å². The first kappa shape index (κ1) is 19.5. The van der Waals surface area contributed by atoms with Crippen LogP contribution in [0.25, 0.3) is 0 Å². The first-order chi connectivity index (χ1) is 13.4. The van der Waals surface area contributed by atoms with Crippen LogP contribution in [-0.2, 0) is 4.79 Å². The fourth-order valence-electron chi connectivity index (χ4n) is 8.88. The lowest BCUT2D eigenvalue weighted by atomic mass is 9.49. The Hall–Kier alpha value is -0.410. The number of aliphatic hydroxyl groups is 1. The molecule has 3 heteroatoms. The second-order valence-electron chi connectivity index (χ2n) is 11.8. The van der Waals surface area contributed by atoms with Crippen LogP contribution in [0, 0.1) is 40.9 Å². The standard InChI is InChI=1S/C25H41NO2/c1-24(28)11-9-18-17(15-24)5-6-20-19(18)10-12-25(2)21(20)7-8-22(25)23(27)16-26-13-3-4-14-26/h17-22,28H,3-16H2,1-2H3/t17-,18-,19+,20+,21-,22+,24-,25-/m0/s1. The van der Waals surface area contributed by atoms with Crippen LogP contribution in [0.1, 0.15) is 84.5 Å². The zero-order valence-corrected chi connectivity index (χ0v) is 18.2. The van der Waals surface area contributed by atoms with Crippen LogP contribution in [0.3, 0.4) is 0 Å². The van der Waals surface area contributed by atoms with Crippen molar-refractivity contribution in [2.45, 2.75) is 90.1 Å². The highest BCUT2D eigenvalue weighted by Gasteiger charge is 2.58. The van der Waals surface area contributed by atoms with Gasteiger partial charge in [0.2, 0.25) is 0 Å². The maximum Gasteiger partial charge on any atom is 0.150 e. The molecule has 0 aromatic heterocycles. The van der Waals surface area contributed by atoms with Crippen LogP contribution in [0.15, 0.2) is 0 Å². The number of hydrogen-bond donors (Lipinski definition) is 1. The van der Waals surface area contributed by atoms with E-state index in [1.807, 2.05) is 0 Å². The highest BCUT2D eigenvalue weighted by molar-refractivity contribution is 5.84. The summed E-state index contributed by atoms with van der Waals surface area (Å²) in [4.78, 5) is 15.7. The number of likely N-dealkylation sites (tertiary alicyclic amines) is 1. The Morgan fingerprint density at radius 2 is 1.68 bits per heavy atom. The Morgan fingerprint density at radius 3 is 2.46 bits per heavy atom. The third kappa shape index (κ3) is 3.20. The van der Waals surface area contributed by atoms with Crippen molar-refractivity contribution < 1.29 is 9.90 Å². The summed E-state index contributed by atoms with van der Waals surface area (Å²) < 4.78 is 0. The van der Waals surface area contributed by atoms with Crippen LogP contribution in [0.2, 0.25) is 0 Å². The Labute approximate surface area is 171 Å². The fraction of sp³-hybridized carbons (Fsp3) is 0.960. The first-order valence-electron chi connectivity index (χ1n) is 12.3. The second-order valence-corrected chi connectivity index (χ2v) is 11.8. The molecule has 28 heavy (non-hydrogen) atoms. The van der Waals surface area contributed by atoms with Crippen molar-refractivity contribution >= 4 is 5.78 Å². The topological polar surface area (TPSA) is 40.5 Å². The van der Waals surface area contributed by atoms with E-state index < -0.39 is 5.60 Å². The van der Waals surface area contributed by atoms with E-state index in [0.717, 1.165) is 68.5 Å². The normalized spacial score (nSPS) is 51.4. The molecule has 0 unspecified atom stereocenters. The number of carbonyl (C=O) groups is 1. The van der Waals surface area contributed by atoms with E-state index in [1.54, 1.807) is 0 Å². The van der Waals surface area contributed by atoms with Crippen molar-refractivity contribution in [2.24, 2.45) is 40.9 Å². The van der Waals surface area contributed by atoms with E-state index >= 15 is 0 Å². The molecule has 4 saturated carbocycles. The van der Waals surface area contributed by atoms with Gasteiger partial charge in [0.05, 0.1) is 12.1 Å². The third-order valence-corrected chi connectivity index (χ3v) is 10.2. The van der Waals surface area contributed by atoms with Gasteiger partial charge >= 0.3 is 0 Å². The summed E-state index contributed by atoms with van der Waals surface area (Å²) in [5.74, 6) is 5.00. The molecule has 3 nitrogen and oxygen atoms in total. The maximum atomic E-state index is 13.3. The van der Waals surface area contributed by atoms with Crippen molar-refractivity contribution in [3.63, 3.8) is 0 Å². The molecule has 1 heterocycles. The number of nitrogens with zero attached hydrogens (tertiary/aromatic N) is 1. The lowest BCUT2D eigenvalue weighted by Gasteiger charge is -2.56. The van der Waals surface area contributed by atoms with E-state index in [-0.39, 0.29) is 5.41 Å². The minimum Gasteiger partial charge on any atom is -0.390 e. The SMILES string of the molecule is C[C@]1(O)CC[C@H]2[C@@H](CC[C@@H]3[C@@H]2CC[C@]2(C)[C@@H](C(=O)CN4CCCC4)CC[C@@H]32)C1. The largest absolute Gasteiger partial charge is 0.390 e. The Balaban J connectivity index is 1.29. The van der Waals surface area contributed by atoms with E-state index in [9.17, 15) is 9.90 Å². The van der Waals surface area contributed by atoms with E-state index in [2.05, 4.69) is 18.7 Å². The molecule has 158 valence electrons. The zero-order chi connectivity index (χ0) is 19.5. The molecular weight excluding hydrogens is 346 g/mol. The van der Waals surface area contributed by atoms with Gasteiger partial charge in [-0.15, -0.1) is 0 Å². The second kappa shape index (κ2) is 7.08. The molecule has 4 aliphatic carbocycles. The monoisotopic (exact) mass is 387 g/mol. The molecular formula is C25H41NO2. The Morgan fingerprint density at radius 1 is 0.929 bits per heavy atom. The third-order valence-electron chi connectivity index (χ3n) is 10.2. The molecule has 5 fully saturated rings. The summed E-state index contributed by atoms with van der Waals surface area (Å²) in [6, 6.07) is 0. The summed E-state index contributed by atoms with van der Waals surface area (Å²) in [6.07, 6.45) is 13.5. The average molecular weight is 388 g/mol. The number of hydrogen-bond acceptors (Lipinski definition) is 3. The van der Waals surface area contributed by atoms with Crippen LogP contribution in [-0.4, -0.2) is 41.0 Å². The van der Waals surface area contributed by atoms with Crippen LogP contribution in [0.5, 0.6) is 0 Å². The van der Waals surface area contributed by atoms with Crippen molar-refractivity contribution in [3.8, 4) is 0 Å². The number of carbonyl (C=O) groups excluding carboxylic acids is 1. The molecule has 1 N–H and O–H groups in total. The molecule has 5 aliphatic rings. The predicted molar refractivity (Wildman–Crippen MR) is 112 cm³/mol. The van der Waals surface area contributed by atoms with E-state index in [1.165, 1.54) is 51.4 Å². The van der Waals surface area contributed by atoms with Gasteiger partial charge in [-0.05, 0) is 126 Å². The molecule has 0 radical (unpaired) electrons. The average Bonchev–Trinajstić information content (AvgIpc) is 3.27. The molecule has 0 aromatic rings. The van der Waals surface area contributed by atoms with Gasteiger partial charge in [-0.1, -0.05) is 6.92 Å². The van der Waals surface area contributed by atoms with Crippen LogP contribution >= 0.6 is 0 Å². The fourth-order valence-corrected chi connectivity index (χ4v) is 8.88. The summed E-state index contributed by atoms with van der Waals surface area (Å²) in [6.45, 7) is 7.54. The Bertz CT molecular complexity index is 610. The van der Waals surface area contributed by atoms with Crippen LogP contribution in [0.4, 0.5) is 0 Å². The van der Waals surface area contributed by atoms with Gasteiger partial charge in [-0.2, -0.15) is 0 Å². The first-order valence-corrected chi connectivity index (χ1v) is 12.3. The van der Waals surface area contributed by atoms with Gasteiger partial charge in [-0.3, -0.25) is 9.69 Å². The summed E-state index contributed by atoms with van der Waals surface area (Å²) in [5, 5.41) is 10.6. The lowest BCUT2D eigenvalue weighted by Crippen LogP contribution is -2.51. The highest BCUT2D eigenvalue weighted by Crippen LogP contribution is 2.64. The summed E-state index contributed by atoms with van der Waals surface area (Å²) in [7, 11) is 0. The van der Waals surface area contributed by atoms with Gasteiger partial charge in [0, 0.05) is 5.92 Å². The zero-order valence-electron chi connectivity index (χ0n) is 18.2. The number of ketones is 1.